The molecule has 39 heavy (non-hydrogen) atoms. The van der Waals surface area contributed by atoms with Crippen molar-refractivity contribution in [1.82, 2.24) is 28.3 Å². The van der Waals surface area contributed by atoms with Crippen molar-refractivity contribution < 1.29 is 16.8 Å². The second-order valence-corrected chi connectivity index (χ2v) is 13.8. The van der Waals surface area contributed by atoms with Crippen molar-refractivity contribution in [3.05, 3.63) is 82.4 Å². The van der Waals surface area contributed by atoms with Crippen molar-refractivity contribution in [1.29, 1.82) is 0 Å². The Kier molecular flexibility index (Phi) is 6.42. The monoisotopic (exact) mass is 604 g/mol. The maximum Gasteiger partial charge on any atom is 0.269 e. The summed E-state index contributed by atoms with van der Waals surface area (Å²) in [6.45, 7) is 1.89. The molecule has 0 radical (unpaired) electrons. The van der Waals surface area contributed by atoms with E-state index in [1.165, 1.54) is 30.6 Å². The smallest absolute Gasteiger partial charge is 0.269 e. The predicted octanol–water partition coefficient (Wildman–Crippen LogP) is 4.55. The van der Waals surface area contributed by atoms with Gasteiger partial charge >= 0.3 is 0 Å². The number of aromatic nitrogens is 5. The van der Waals surface area contributed by atoms with Gasteiger partial charge in [0.25, 0.3) is 10.0 Å². The molecule has 10 nitrogen and oxygen atoms in total. The molecule has 0 saturated heterocycles. The molecule has 0 unspecified atom stereocenters. The Morgan fingerprint density at radius 1 is 0.974 bits per heavy atom. The summed E-state index contributed by atoms with van der Waals surface area (Å²) < 4.78 is 58.5. The van der Waals surface area contributed by atoms with Gasteiger partial charge in [0.2, 0.25) is 10.0 Å². The molecule has 1 saturated carbocycles. The van der Waals surface area contributed by atoms with Crippen LogP contribution in [0.25, 0.3) is 16.8 Å². The zero-order valence-electron chi connectivity index (χ0n) is 20.5. The molecule has 14 heteroatoms. The lowest BCUT2D eigenvalue weighted by atomic mass is 10.1. The molecule has 0 bridgehead atoms. The van der Waals surface area contributed by atoms with Gasteiger partial charge in [-0.2, -0.15) is 0 Å². The predicted molar refractivity (Wildman–Crippen MR) is 147 cm³/mol. The number of benzene rings is 2. The second-order valence-electron chi connectivity index (χ2n) is 9.53. The fourth-order valence-corrected chi connectivity index (χ4v) is 8.37. The summed E-state index contributed by atoms with van der Waals surface area (Å²) in [6.07, 6.45) is 4.66. The van der Waals surface area contributed by atoms with Crippen molar-refractivity contribution >= 4 is 60.1 Å². The zero-order valence-corrected chi connectivity index (χ0v) is 23.6. The number of rotatable bonds is 6. The van der Waals surface area contributed by atoms with Gasteiger partial charge < -0.3 is 0 Å². The topological polar surface area (TPSA) is 128 Å². The molecule has 0 amide bonds. The zero-order chi connectivity index (χ0) is 27.5. The number of nitrogens with one attached hydrogen (secondary N) is 1. The maximum absolute atomic E-state index is 13.4. The van der Waals surface area contributed by atoms with Gasteiger partial charge in [-0.05, 0) is 56.5 Å². The van der Waals surface area contributed by atoms with E-state index < -0.39 is 20.0 Å². The standard InChI is InChI=1S/C25H22Cl2N6O4S2/c1-15-5-9-18(10-6-15)39(36,37)32-12-11-20-25(32)28-14-22-29-30-24(33(20)22)16-7-8-17(13-16)31-38(34,35)21-4-2-3-19(26)23(21)27/h2-6,9-12,14,16-17,31H,7-8,13H2,1H3/t16-,17+/m1/s1. The van der Waals surface area contributed by atoms with Crippen molar-refractivity contribution in [3.8, 4) is 0 Å². The molecule has 2 atom stereocenters. The van der Waals surface area contributed by atoms with Crippen LogP contribution in [0.4, 0.5) is 0 Å². The summed E-state index contributed by atoms with van der Waals surface area (Å²) in [4.78, 5) is 4.46. The fourth-order valence-electron chi connectivity index (χ4n) is 5.03. The first kappa shape index (κ1) is 26.2. The highest BCUT2D eigenvalue weighted by Gasteiger charge is 2.33. The first-order valence-electron chi connectivity index (χ1n) is 12.1. The molecule has 0 aliphatic heterocycles. The molecule has 1 aliphatic carbocycles. The third-order valence-corrected chi connectivity index (χ3v) is 11.1. The number of hydrogen-bond donors (Lipinski definition) is 1. The van der Waals surface area contributed by atoms with Crippen LogP contribution in [0.15, 0.2) is 70.7 Å². The minimum absolute atomic E-state index is 0.0235. The number of halogens is 2. The minimum Gasteiger partial charge on any atom is -0.274 e. The lowest BCUT2D eigenvalue weighted by Gasteiger charge is -2.15. The Bertz CT molecular complexity index is 1950. The van der Waals surface area contributed by atoms with Gasteiger partial charge in [0.1, 0.15) is 10.7 Å². The van der Waals surface area contributed by atoms with E-state index in [0.717, 1.165) is 9.54 Å². The summed E-state index contributed by atoms with van der Waals surface area (Å²) in [5, 5.41) is 8.76. The largest absolute Gasteiger partial charge is 0.274 e. The molecule has 5 aromatic rings. The lowest BCUT2D eigenvalue weighted by Crippen LogP contribution is -2.33. The summed E-state index contributed by atoms with van der Waals surface area (Å²) in [5.74, 6) is 0.496. The van der Waals surface area contributed by atoms with Gasteiger partial charge in [0.15, 0.2) is 11.3 Å². The van der Waals surface area contributed by atoms with Gasteiger partial charge in [0, 0.05) is 18.2 Å². The van der Waals surface area contributed by atoms with Gasteiger partial charge in [0.05, 0.1) is 26.7 Å². The van der Waals surface area contributed by atoms with E-state index in [1.807, 2.05) is 6.92 Å². The molecule has 0 spiro atoms. The van der Waals surface area contributed by atoms with E-state index in [9.17, 15) is 16.8 Å². The highest BCUT2D eigenvalue weighted by atomic mass is 35.5. The number of nitrogens with zero attached hydrogens (tertiary/aromatic N) is 5. The quantitative estimate of drug-likeness (QED) is 0.301. The maximum atomic E-state index is 13.4. The van der Waals surface area contributed by atoms with Crippen molar-refractivity contribution in [2.45, 2.75) is 47.9 Å². The van der Waals surface area contributed by atoms with E-state index in [0.29, 0.717) is 36.3 Å². The number of hydrogen-bond acceptors (Lipinski definition) is 7. The number of sulfonamides is 1. The Labute approximate surface area is 234 Å². The third-order valence-electron chi connectivity index (χ3n) is 6.97. The summed E-state index contributed by atoms with van der Waals surface area (Å²) in [7, 11) is -7.78. The molecule has 202 valence electrons. The van der Waals surface area contributed by atoms with Crippen LogP contribution in [-0.2, 0) is 20.0 Å². The number of fused-ring (bicyclic) bond motifs is 3. The van der Waals surface area contributed by atoms with Crippen LogP contribution in [0.3, 0.4) is 0 Å². The molecule has 1 aliphatic rings. The van der Waals surface area contributed by atoms with E-state index in [-0.39, 0.29) is 37.4 Å². The first-order chi connectivity index (χ1) is 18.6. The van der Waals surface area contributed by atoms with Crippen LogP contribution in [0.5, 0.6) is 0 Å². The van der Waals surface area contributed by atoms with Crippen LogP contribution in [0.2, 0.25) is 10.0 Å². The average Bonchev–Trinajstić information content (AvgIpc) is 3.63. The number of aryl methyl sites for hydroxylation is 1. The Hall–Kier alpha value is -3.03. The Morgan fingerprint density at radius 2 is 1.74 bits per heavy atom. The van der Waals surface area contributed by atoms with Gasteiger partial charge in [-0.1, -0.05) is 47.0 Å². The SMILES string of the molecule is Cc1ccc(S(=O)(=O)n2ccc3c2ncc2nnc([C@@H]4CC[C@H](NS(=O)(=O)c5cccc(Cl)c5Cl)C4)n23)cc1. The molecule has 1 N–H and O–H groups in total. The molecular weight excluding hydrogens is 583 g/mol. The van der Waals surface area contributed by atoms with Gasteiger partial charge in [-0.3, -0.25) is 4.40 Å². The van der Waals surface area contributed by atoms with Crippen LogP contribution in [0, 0.1) is 6.92 Å². The molecule has 3 aromatic heterocycles. The van der Waals surface area contributed by atoms with Crippen molar-refractivity contribution in [3.63, 3.8) is 0 Å². The van der Waals surface area contributed by atoms with Crippen molar-refractivity contribution in [2.75, 3.05) is 0 Å². The van der Waals surface area contributed by atoms with Crippen LogP contribution in [-0.4, -0.2) is 46.4 Å². The van der Waals surface area contributed by atoms with E-state index in [4.69, 9.17) is 23.2 Å². The van der Waals surface area contributed by atoms with E-state index >= 15 is 0 Å². The molecular formula is C25H22Cl2N6O4S2. The normalized spacial score (nSPS) is 18.3. The van der Waals surface area contributed by atoms with Crippen LogP contribution < -0.4 is 4.72 Å². The third kappa shape index (κ3) is 4.49. The summed E-state index contributed by atoms with van der Waals surface area (Å²) in [6, 6.07) is 12.4. The average molecular weight is 606 g/mol. The highest BCUT2D eigenvalue weighted by Crippen LogP contribution is 2.36. The highest BCUT2D eigenvalue weighted by molar-refractivity contribution is 7.90. The second kappa shape index (κ2) is 9.56. The van der Waals surface area contributed by atoms with Gasteiger partial charge in [-0.25, -0.2) is 30.5 Å². The van der Waals surface area contributed by atoms with E-state index in [2.05, 4.69) is 19.9 Å². The molecule has 2 aromatic carbocycles. The Morgan fingerprint density at radius 3 is 2.51 bits per heavy atom. The van der Waals surface area contributed by atoms with Gasteiger partial charge in [-0.15, -0.1) is 10.2 Å². The lowest BCUT2D eigenvalue weighted by molar-refractivity contribution is 0.546. The molecule has 3 heterocycles. The summed E-state index contributed by atoms with van der Waals surface area (Å²) in [5.41, 5.74) is 2.21. The fraction of sp³-hybridized carbons (Fsp3) is 0.240. The van der Waals surface area contributed by atoms with Crippen LogP contribution in [0.1, 0.15) is 36.6 Å². The summed E-state index contributed by atoms with van der Waals surface area (Å²) >= 11 is 12.2. The van der Waals surface area contributed by atoms with Crippen molar-refractivity contribution in [2.24, 2.45) is 0 Å². The minimum atomic E-state index is -3.90. The first-order valence-corrected chi connectivity index (χ1v) is 15.7. The van der Waals surface area contributed by atoms with Crippen LogP contribution >= 0.6 is 23.2 Å². The molecule has 1 fully saturated rings. The van der Waals surface area contributed by atoms with E-state index in [1.54, 1.807) is 34.7 Å². The Balaban J connectivity index is 1.32. The molecule has 6 rings (SSSR count).